The lowest BCUT2D eigenvalue weighted by atomic mass is 10.3. The molecule has 0 saturated carbocycles. The van der Waals surface area contributed by atoms with Gasteiger partial charge in [0.15, 0.2) is 0 Å². The molecule has 1 amide bonds. The van der Waals surface area contributed by atoms with Crippen LogP contribution >= 0.6 is 11.6 Å². The summed E-state index contributed by atoms with van der Waals surface area (Å²) in [6.07, 6.45) is 0.894. The lowest BCUT2D eigenvalue weighted by Gasteiger charge is -2.14. The van der Waals surface area contributed by atoms with E-state index in [-0.39, 0.29) is 17.0 Å². The maximum Gasteiger partial charge on any atom is 0.242 e. The lowest BCUT2D eigenvalue weighted by Crippen LogP contribution is -2.38. The Morgan fingerprint density at radius 3 is 2.88 bits per heavy atom. The zero-order chi connectivity index (χ0) is 12.8. The minimum Gasteiger partial charge on any atom is -0.368 e. The summed E-state index contributed by atoms with van der Waals surface area (Å²) in [5.41, 5.74) is 5.44. The van der Waals surface area contributed by atoms with E-state index in [4.69, 9.17) is 17.3 Å². The van der Waals surface area contributed by atoms with E-state index >= 15 is 0 Å². The summed E-state index contributed by atoms with van der Waals surface area (Å²) in [6, 6.07) is 1.11. The van der Waals surface area contributed by atoms with E-state index in [0.717, 1.165) is 6.42 Å². The number of nitrogens with two attached hydrogens (primary N) is 1. The van der Waals surface area contributed by atoms with Gasteiger partial charge in [-0.15, -0.1) is 0 Å². The van der Waals surface area contributed by atoms with Crippen LogP contribution in [-0.2, 0) is 4.79 Å². The fourth-order valence-corrected chi connectivity index (χ4v) is 1.39. The summed E-state index contributed by atoms with van der Waals surface area (Å²) in [5, 5.41) is 5.91. The van der Waals surface area contributed by atoms with Crippen LogP contribution in [0.4, 0.5) is 11.8 Å². The van der Waals surface area contributed by atoms with E-state index < -0.39 is 6.04 Å². The third-order valence-electron chi connectivity index (χ3n) is 2.02. The van der Waals surface area contributed by atoms with Crippen molar-refractivity contribution in [3.63, 3.8) is 0 Å². The quantitative estimate of drug-likeness (QED) is 0.686. The number of nitrogens with zero attached hydrogens (tertiary/aromatic N) is 2. The van der Waals surface area contributed by atoms with Gasteiger partial charge >= 0.3 is 0 Å². The van der Waals surface area contributed by atoms with Crippen LogP contribution in [0.1, 0.15) is 20.3 Å². The molecule has 0 aliphatic heterocycles. The van der Waals surface area contributed by atoms with Crippen molar-refractivity contribution in [1.29, 1.82) is 0 Å². The average molecular weight is 258 g/mol. The Labute approximate surface area is 105 Å². The molecule has 0 aliphatic rings. The van der Waals surface area contributed by atoms with Gasteiger partial charge in [-0.05, 0) is 13.3 Å². The number of anilines is 2. The lowest BCUT2D eigenvalue weighted by molar-refractivity contribution is -0.121. The molecule has 1 aromatic rings. The second-order valence-corrected chi connectivity index (χ2v) is 3.98. The van der Waals surface area contributed by atoms with Crippen LogP contribution in [0.3, 0.4) is 0 Å². The molecule has 7 heteroatoms. The highest BCUT2D eigenvalue weighted by Crippen LogP contribution is 2.13. The summed E-state index contributed by atoms with van der Waals surface area (Å²) in [6.45, 7) is 4.37. The molecule has 0 fully saturated rings. The fraction of sp³-hybridized carbons (Fsp3) is 0.500. The number of aromatic nitrogens is 2. The molecule has 0 saturated heterocycles. The topological polar surface area (TPSA) is 92.9 Å². The van der Waals surface area contributed by atoms with Crippen LogP contribution < -0.4 is 16.4 Å². The third-order valence-corrected chi connectivity index (χ3v) is 2.21. The van der Waals surface area contributed by atoms with E-state index in [9.17, 15) is 4.79 Å². The van der Waals surface area contributed by atoms with Gasteiger partial charge < -0.3 is 16.4 Å². The Morgan fingerprint density at radius 2 is 2.29 bits per heavy atom. The second-order valence-electron chi connectivity index (χ2n) is 3.59. The number of nitrogens with one attached hydrogen (secondary N) is 2. The molecule has 1 aromatic heterocycles. The van der Waals surface area contributed by atoms with Gasteiger partial charge in [-0.2, -0.15) is 4.98 Å². The van der Waals surface area contributed by atoms with Crippen molar-refractivity contribution in [1.82, 2.24) is 15.3 Å². The third kappa shape index (κ3) is 4.44. The van der Waals surface area contributed by atoms with E-state index in [1.807, 2.05) is 6.92 Å². The van der Waals surface area contributed by atoms with Gasteiger partial charge in [0, 0.05) is 12.6 Å². The van der Waals surface area contributed by atoms with Crippen molar-refractivity contribution in [2.45, 2.75) is 26.3 Å². The van der Waals surface area contributed by atoms with Gasteiger partial charge in [-0.1, -0.05) is 18.5 Å². The van der Waals surface area contributed by atoms with Gasteiger partial charge in [-0.25, -0.2) is 4.98 Å². The Kier molecular flexibility index (Phi) is 4.96. The monoisotopic (exact) mass is 257 g/mol. The van der Waals surface area contributed by atoms with Gasteiger partial charge in [0.2, 0.25) is 11.9 Å². The minimum absolute atomic E-state index is 0.0705. The van der Waals surface area contributed by atoms with E-state index in [1.54, 1.807) is 6.92 Å². The number of carbonyl (C=O) groups excluding carboxylic acids is 1. The Hall–Kier alpha value is -1.56. The molecule has 0 aliphatic carbocycles. The van der Waals surface area contributed by atoms with Gasteiger partial charge in [-0.3, -0.25) is 4.79 Å². The van der Waals surface area contributed by atoms with Gasteiger partial charge in [0.05, 0.1) is 0 Å². The number of amides is 1. The summed E-state index contributed by atoms with van der Waals surface area (Å²) in [5.74, 6) is 0.406. The SMILES string of the molecule is CCCNC(=O)C(C)Nc1cc(Cl)nc(N)n1. The molecule has 94 valence electrons. The van der Waals surface area contributed by atoms with Crippen molar-refractivity contribution >= 4 is 29.3 Å². The number of rotatable bonds is 5. The first-order valence-electron chi connectivity index (χ1n) is 5.37. The van der Waals surface area contributed by atoms with Crippen molar-refractivity contribution in [2.24, 2.45) is 0 Å². The second kappa shape index (κ2) is 6.24. The first-order valence-corrected chi connectivity index (χ1v) is 5.75. The first kappa shape index (κ1) is 13.5. The molecule has 1 unspecified atom stereocenters. The molecule has 1 atom stereocenters. The number of hydrogen-bond acceptors (Lipinski definition) is 5. The predicted molar refractivity (Wildman–Crippen MR) is 67.8 cm³/mol. The zero-order valence-corrected chi connectivity index (χ0v) is 10.6. The number of carbonyl (C=O) groups is 1. The molecule has 0 radical (unpaired) electrons. The van der Waals surface area contributed by atoms with Crippen molar-refractivity contribution in [3.8, 4) is 0 Å². The predicted octanol–water partition coefficient (Wildman–Crippen LogP) is 1.04. The number of nitrogen functional groups attached to an aromatic ring is 1. The van der Waals surface area contributed by atoms with Crippen molar-refractivity contribution < 1.29 is 4.79 Å². The van der Waals surface area contributed by atoms with Crippen LogP contribution in [0.5, 0.6) is 0 Å². The van der Waals surface area contributed by atoms with E-state index in [0.29, 0.717) is 12.4 Å². The molecule has 1 heterocycles. The highest BCUT2D eigenvalue weighted by atomic mass is 35.5. The number of halogens is 1. The summed E-state index contributed by atoms with van der Waals surface area (Å²) < 4.78 is 0. The van der Waals surface area contributed by atoms with Crippen LogP contribution in [0, 0.1) is 0 Å². The summed E-state index contributed by atoms with van der Waals surface area (Å²) in [4.78, 5) is 19.3. The molecule has 1 rings (SSSR count). The summed E-state index contributed by atoms with van der Waals surface area (Å²) in [7, 11) is 0. The highest BCUT2D eigenvalue weighted by Gasteiger charge is 2.12. The molecule has 17 heavy (non-hydrogen) atoms. The molecule has 0 spiro atoms. The molecule has 0 aromatic carbocycles. The average Bonchev–Trinajstić information content (AvgIpc) is 2.24. The Morgan fingerprint density at radius 1 is 1.59 bits per heavy atom. The largest absolute Gasteiger partial charge is 0.368 e. The van der Waals surface area contributed by atoms with Crippen LogP contribution in [-0.4, -0.2) is 28.5 Å². The Bertz CT molecular complexity index is 378. The van der Waals surface area contributed by atoms with E-state index in [2.05, 4.69) is 20.6 Å². The normalized spacial score (nSPS) is 11.9. The van der Waals surface area contributed by atoms with Crippen LogP contribution in [0.15, 0.2) is 6.07 Å². The highest BCUT2D eigenvalue weighted by molar-refractivity contribution is 6.29. The fourth-order valence-electron chi connectivity index (χ4n) is 1.20. The molecule has 4 N–H and O–H groups in total. The van der Waals surface area contributed by atoms with Gasteiger partial charge in [0.25, 0.3) is 0 Å². The van der Waals surface area contributed by atoms with Crippen LogP contribution in [0.25, 0.3) is 0 Å². The maximum absolute atomic E-state index is 11.6. The summed E-state index contributed by atoms with van der Waals surface area (Å²) >= 11 is 5.73. The van der Waals surface area contributed by atoms with Gasteiger partial charge in [0.1, 0.15) is 17.0 Å². The first-order chi connectivity index (χ1) is 8.02. The molecular weight excluding hydrogens is 242 g/mol. The van der Waals surface area contributed by atoms with Crippen molar-refractivity contribution in [2.75, 3.05) is 17.6 Å². The Balaban J connectivity index is 2.60. The van der Waals surface area contributed by atoms with E-state index in [1.165, 1.54) is 6.07 Å². The minimum atomic E-state index is -0.410. The smallest absolute Gasteiger partial charge is 0.242 e. The molecule has 6 nitrogen and oxygen atoms in total. The standard InChI is InChI=1S/C10H16ClN5O/c1-3-4-13-9(17)6(2)14-8-5-7(11)15-10(12)16-8/h5-6H,3-4H2,1-2H3,(H,13,17)(H3,12,14,15,16). The van der Waals surface area contributed by atoms with Crippen LogP contribution in [0.2, 0.25) is 5.15 Å². The molecule has 0 bridgehead atoms. The molecular formula is C10H16ClN5O. The van der Waals surface area contributed by atoms with Crippen molar-refractivity contribution in [3.05, 3.63) is 11.2 Å². The number of hydrogen-bond donors (Lipinski definition) is 3. The zero-order valence-electron chi connectivity index (χ0n) is 9.83. The maximum atomic E-state index is 11.6.